The van der Waals surface area contributed by atoms with Crippen molar-refractivity contribution < 1.29 is 14.3 Å². The van der Waals surface area contributed by atoms with Crippen LogP contribution >= 0.6 is 0 Å². The van der Waals surface area contributed by atoms with Gasteiger partial charge >= 0.3 is 0 Å². The maximum atomic E-state index is 13.5. The lowest BCUT2D eigenvalue weighted by Gasteiger charge is -2.35. The zero-order valence-corrected chi connectivity index (χ0v) is 23.2. The second-order valence-corrected chi connectivity index (χ2v) is 9.76. The summed E-state index contributed by atoms with van der Waals surface area (Å²) in [5.41, 5.74) is 2.46. The van der Waals surface area contributed by atoms with Crippen molar-refractivity contribution in [2.45, 2.75) is 13.8 Å². The molecule has 0 atom stereocenters. The van der Waals surface area contributed by atoms with Crippen LogP contribution in [0.5, 0.6) is 11.6 Å². The Morgan fingerprint density at radius 1 is 0.902 bits per heavy atom. The van der Waals surface area contributed by atoms with E-state index in [-0.39, 0.29) is 11.8 Å². The number of nitrogens with zero attached hydrogens (tertiary/aromatic N) is 5. The molecule has 1 aliphatic rings. The molecular formula is C31H33N7O3. The van der Waals surface area contributed by atoms with E-state index in [2.05, 4.69) is 20.5 Å². The van der Waals surface area contributed by atoms with Crippen LogP contribution in [0.4, 0.5) is 11.6 Å². The highest BCUT2D eigenvalue weighted by atomic mass is 16.5. The van der Waals surface area contributed by atoms with Gasteiger partial charge in [-0.2, -0.15) is 0 Å². The number of benzene rings is 2. The number of ether oxygens (including phenoxy) is 1. The molecule has 5 rings (SSSR count). The number of piperazine rings is 1. The van der Waals surface area contributed by atoms with E-state index in [9.17, 15) is 9.59 Å². The Labute approximate surface area is 239 Å². The Kier molecular flexibility index (Phi) is 8.68. The molecule has 4 aromatic rings. The number of aryl methyl sites for hydroxylation is 1. The van der Waals surface area contributed by atoms with Gasteiger partial charge in [0, 0.05) is 64.0 Å². The third-order valence-electron chi connectivity index (χ3n) is 6.68. The summed E-state index contributed by atoms with van der Waals surface area (Å²) >= 11 is 0. The molecule has 0 saturated carbocycles. The van der Waals surface area contributed by atoms with Gasteiger partial charge in [-0.3, -0.25) is 9.59 Å². The molecule has 1 fully saturated rings. The molecule has 10 heteroatoms. The number of nitrogens with one attached hydrogen (secondary N) is 2. The molecule has 1 saturated heterocycles. The maximum absolute atomic E-state index is 13.5. The van der Waals surface area contributed by atoms with Gasteiger partial charge in [0.2, 0.25) is 11.8 Å². The minimum Gasteiger partial charge on any atom is -0.438 e. The smallest absolute Gasteiger partial charge is 0.259 e. The molecule has 0 radical (unpaired) electrons. The lowest BCUT2D eigenvalue weighted by molar-refractivity contribution is -0.118. The van der Waals surface area contributed by atoms with Gasteiger partial charge in [0.05, 0.1) is 0 Å². The molecule has 2 aromatic heterocycles. The number of hydrogen-bond acceptors (Lipinski definition) is 8. The summed E-state index contributed by atoms with van der Waals surface area (Å²) in [7, 11) is 0. The maximum Gasteiger partial charge on any atom is 0.259 e. The Morgan fingerprint density at radius 3 is 2.39 bits per heavy atom. The van der Waals surface area contributed by atoms with Crippen LogP contribution in [0.1, 0.15) is 22.8 Å². The van der Waals surface area contributed by atoms with Crippen molar-refractivity contribution >= 4 is 23.5 Å². The second kappa shape index (κ2) is 12.9. The van der Waals surface area contributed by atoms with E-state index in [1.165, 1.54) is 6.92 Å². The Balaban J connectivity index is 1.29. The monoisotopic (exact) mass is 551 g/mol. The minimum absolute atomic E-state index is 0.0762. The highest BCUT2D eigenvalue weighted by molar-refractivity contribution is 5.96. The molecule has 2 N–H and O–H groups in total. The first kappa shape index (κ1) is 27.6. The highest BCUT2D eigenvalue weighted by Crippen LogP contribution is 2.26. The molecule has 0 unspecified atom stereocenters. The number of hydrogen-bond donors (Lipinski definition) is 2. The first-order chi connectivity index (χ1) is 20.0. The van der Waals surface area contributed by atoms with E-state index in [0.29, 0.717) is 68.1 Å². The fourth-order valence-corrected chi connectivity index (χ4v) is 4.49. The van der Waals surface area contributed by atoms with E-state index >= 15 is 0 Å². The number of amides is 2. The number of carbonyl (C=O) groups is 2. The zero-order valence-electron chi connectivity index (χ0n) is 23.2. The predicted octanol–water partition coefficient (Wildman–Crippen LogP) is 4.15. The normalized spacial score (nSPS) is 13.0. The van der Waals surface area contributed by atoms with E-state index in [1.807, 2.05) is 72.5 Å². The van der Waals surface area contributed by atoms with Crippen molar-refractivity contribution in [3.05, 3.63) is 90.1 Å². The number of anilines is 2. The molecule has 1 aliphatic heterocycles. The molecule has 3 heterocycles. The van der Waals surface area contributed by atoms with Crippen molar-refractivity contribution in [2.75, 3.05) is 49.5 Å². The fourth-order valence-electron chi connectivity index (χ4n) is 4.49. The van der Waals surface area contributed by atoms with E-state index < -0.39 is 0 Å². The van der Waals surface area contributed by atoms with Gasteiger partial charge in [-0.05, 0) is 31.2 Å². The molecule has 0 aliphatic carbocycles. The second-order valence-electron chi connectivity index (χ2n) is 9.76. The molecule has 0 spiro atoms. The molecular weight excluding hydrogens is 518 g/mol. The van der Waals surface area contributed by atoms with Gasteiger partial charge in [0.15, 0.2) is 5.82 Å². The van der Waals surface area contributed by atoms with Gasteiger partial charge in [0.25, 0.3) is 5.91 Å². The van der Waals surface area contributed by atoms with Gasteiger partial charge in [0.1, 0.15) is 22.9 Å². The van der Waals surface area contributed by atoms with Crippen LogP contribution in [0.2, 0.25) is 0 Å². The average molecular weight is 552 g/mol. The SMILES string of the molecule is CC(=O)NCCNc1cc(N2CCN(C(=O)c3cccnc3Oc3ccc(C)cc3)CC2)nc(-c2ccccc2)n1. The molecule has 10 nitrogen and oxygen atoms in total. The summed E-state index contributed by atoms with van der Waals surface area (Å²) in [6.45, 7) is 6.78. The third-order valence-corrected chi connectivity index (χ3v) is 6.68. The van der Waals surface area contributed by atoms with Gasteiger partial charge in [-0.15, -0.1) is 0 Å². The van der Waals surface area contributed by atoms with Gasteiger partial charge in [-0.25, -0.2) is 15.0 Å². The number of aromatic nitrogens is 3. The van der Waals surface area contributed by atoms with Crippen LogP contribution in [-0.2, 0) is 4.79 Å². The van der Waals surface area contributed by atoms with Gasteiger partial charge in [-0.1, -0.05) is 48.0 Å². The largest absolute Gasteiger partial charge is 0.438 e. The summed E-state index contributed by atoms with van der Waals surface area (Å²) in [5.74, 6) is 2.79. The first-order valence-corrected chi connectivity index (χ1v) is 13.6. The molecule has 210 valence electrons. The zero-order chi connectivity index (χ0) is 28.6. The van der Waals surface area contributed by atoms with Crippen LogP contribution in [0.3, 0.4) is 0 Å². The lowest BCUT2D eigenvalue weighted by Crippen LogP contribution is -2.49. The van der Waals surface area contributed by atoms with Crippen molar-refractivity contribution in [2.24, 2.45) is 0 Å². The van der Waals surface area contributed by atoms with Crippen molar-refractivity contribution in [1.29, 1.82) is 0 Å². The Bertz CT molecular complexity index is 1490. The molecule has 0 bridgehead atoms. The quantitative estimate of drug-likeness (QED) is 0.299. The van der Waals surface area contributed by atoms with Crippen LogP contribution in [0.15, 0.2) is 79.0 Å². The highest BCUT2D eigenvalue weighted by Gasteiger charge is 2.26. The van der Waals surface area contributed by atoms with Crippen molar-refractivity contribution in [1.82, 2.24) is 25.2 Å². The average Bonchev–Trinajstić information content (AvgIpc) is 3.01. The standard InChI is InChI=1S/C31H33N7O3/c1-22-10-12-25(13-11-22)41-30-26(9-6-14-34-30)31(40)38-19-17-37(18-20-38)28-21-27(33-16-15-32-23(2)39)35-29(36-28)24-7-4-3-5-8-24/h3-14,21H,15-20H2,1-2H3,(H,32,39)(H,33,35,36). The topological polar surface area (TPSA) is 113 Å². The fraction of sp³-hybridized carbons (Fsp3) is 0.258. The summed E-state index contributed by atoms with van der Waals surface area (Å²) in [4.78, 5) is 42.6. The molecule has 41 heavy (non-hydrogen) atoms. The van der Waals surface area contributed by atoms with Gasteiger partial charge < -0.3 is 25.2 Å². The summed E-state index contributed by atoms with van der Waals surface area (Å²) in [6, 6.07) is 22.9. The summed E-state index contributed by atoms with van der Waals surface area (Å²) in [5, 5.41) is 6.07. The number of rotatable bonds is 9. The Hall–Kier alpha value is -4.99. The predicted molar refractivity (Wildman–Crippen MR) is 158 cm³/mol. The van der Waals surface area contributed by atoms with E-state index in [1.54, 1.807) is 18.3 Å². The number of pyridine rings is 1. The Morgan fingerprint density at radius 2 is 1.66 bits per heavy atom. The van der Waals surface area contributed by atoms with E-state index in [0.717, 1.165) is 16.9 Å². The third kappa shape index (κ3) is 7.16. The van der Waals surface area contributed by atoms with Crippen molar-refractivity contribution in [3.8, 4) is 23.0 Å². The lowest BCUT2D eigenvalue weighted by atomic mass is 10.2. The van der Waals surface area contributed by atoms with Crippen LogP contribution in [-0.4, -0.2) is 70.9 Å². The minimum atomic E-state index is -0.118. The van der Waals surface area contributed by atoms with Crippen LogP contribution in [0, 0.1) is 6.92 Å². The molecule has 2 aromatic carbocycles. The van der Waals surface area contributed by atoms with Crippen molar-refractivity contribution in [3.63, 3.8) is 0 Å². The first-order valence-electron chi connectivity index (χ1n) is 13.6. The van der Waals surface area contributed by atoms with Crippen LogP contribution < -0.4 is 20.3 Å². The van der Waals surface area contributed by atoms with E-state index in [4.69, 9.17) is 14.7 Å². The summed E-state index contributed by atoms with van der Waals surface area (Å²) < 4.78 is 5.97. The summed E-state index contributed by atoms with van der Waals surface area (Å²) in [6.07, 6.45) is 1.62. The van der Waals surface area contributed by atoms with Crippen LogP contribution in [0.25, 0.3) is 11.4 Å². The number of carbonyl (C=O) groups excluding carboxylic acids is 2. The molecule has 2 amide bonds.